The molecule has 1 saturated carbocycles. The number of hydrogen-bond acceptors (Lipinski definition) is 5. The Bertz CT molecular complexity index is 762. The highest BCUT2D eigenvalue weighted by molar-refractivity contribution is 5.94. The number of amides is 1. The van der Waals surface area contributed by atoms with Crippen LogP contribution in [0.1, 0.15) is 43.0 Å². The van der Waals surface area contributed by atoms with Gasteiger partial charge < -0.3 is 14.9 Å². The van der Waals surface area contributed by atoms with Gasteiger partial charge in [0.1, 0.15) is 11.8 Å². The average Bonchev–Trinajstić information content (AvgIpc) is 3.27. The van der Waals surface area contributed by atoms with Crippen molar-refractivity contribution < 1.29 is 14.4 Å². The molecule has 0 bridgehead atoms. The van der Waals surface area contributed by atoms with Gasteiger partial charge >= 0.3 is 0 Å². The molecule has 2 fully saturated rings. The quantitative estimate of drug-likeness (QED) is 0.862. The van der Waals surface area contributed by atoms with Gasteiger partial charge in [0.2, 0.25) is 5.91 Å². The number of aryl methyl sites for hydroxylation is 1. The van der Waals surface area contributed by atoms with E-state index in [1.165, 1.54) is 0 Å². The lowest BCUT2D eigenvalue weighted by Crippen LogP contribution is -2.44. The lowest BCUT2D eigenvalue weighted by atomic mass is 9.88. The van der Waals surface area contributed by atoms with Crippen LogP contribution < -0.4 is 5.32 Å². The molecular weight excluding hydrogens is 330 g/mol. The molecule has 138 valence electrons. The van der Waals surface area contributed by atoms with Crippen LogP contribution in [0.15, 0.2) is 40.9 Å². The van der Waals surface area contributed by atoms with E-state index in [-0.39, 0.29) is 11.9 Å². The zero-order chi connectivity index (χ0) is 18.1. The second kappa shape index (κ2) is 6.85. The summed E-state index contributed by atoms with van der Waals surface area (Å²) in [6, 6.07) is 11.2. The number of piperidine rings is 1. The Kier molecular flexibility index (Phi) is 4.54. The van der Waals surface area contributed by atoms with Crippen LogP contribution in [0, 0.1) is 12.8 Å². The Labute approximate surface area is 153 Å². The monoisotopic (exact) mass is 355 g/mol. The predicted octanol–water partition coefficient (Wildman–Crippen LogP) is 2.90. The first-order chi connectivity index (χ1) is 12.5. The van der Waals surface area contributed by atoms with Gasteiger partial charge in [-0.25, -0.2) is 0 Å². The van der Waals surface area contributed by atoms with Gasteiger partial charge in [0, 0.05) is 6.07 Å². The number of aliphatic hydroxyl groups is 1. The molecule has 2 aliphatic rings. The van der Waals surface area contributed by atoms with E-state index < -0.39 is 5.60 Å². The molecule has 0 radical (unpaired) electrons. The van der Waals surface area contributed by atoms with E-state index in [2.05, 4.69) is 15.4 Å². The molecule has 2 heterocycles. The Morgan fingerprint density at radius 1 is 1.31 bits per heavy atom. The zero-order valence-electron chi connectivity index (χ0n) is 15.0. The number of nitrogens with one attached hydrogen (secondary N) is 1. The lowest BCUT2D eigenvalue weighted by molar-refractivity contribution is -0.122. The SMILES string of the molecule is Cc1cc(NC(=O)C(c2ccccc2)N2CCC(C3(O)CC3)CC2)no1. The van der Waals surface area contributed by atoms with Crippen molar-refractivity contribution in [2.24, 2.45) is 5.92 Å². The number of hydrogen-bond donors (Lipinski definition) is 2. The molecule has 1 atom stereocenters. The van der Waals surface area contributed by atoms with Crippen molar-refractivity contribution in [1.29, 1.82) is 0 Å². The van der Waals surface area contributed by atoms with Crippen molar-refractivity contribution in [1.82, 2.24) is 10.1 Å². The molecular formula is C20H25N3O3. The zero-order valence-corrected chi connectivity index (χ0v) is 15.0. The summed E-state index contributed by atoms with van der Waals surface area (Å²) in [6.07, 6.45) is 3.70. The third-order valence-corrected chi connectivity index (χ3v) is 5.66. The molecule has 1 unspecified atom stereocenters. The number of carbonyl (C=O) groups is 1. The van der Waals surface area contributed by atoms with E-state index in [4.69, 9.17) is 4.52 Å². The highest BCUT2D eigenvalue weighted by Crippen LogP contribution is 2.47. The molecule has 1 aromatic carbocycles. The first-order valence-electron chi connectivity index (χ1n) is 9.31. The van der Waals surface area contributed by atoms with Crippen molar-refractivity contribution >= 4 is 11.7 Å². The van der Waals surface area contributed by atoms with Crippen LogP contribution in [0.5, 0.6) is 0 Å². The molecule has 26 heavy (non-hydrogen) atoms. The Balaban J connectivity index is 1.51. The second-order valence-electron chi connectivity index (χ2n) is 7.54. The van der Waals surface area contributed by atoms with Gasteiger partial charge in [0.25, 0.3) is 0 Å². The molecule has 0 spiro atoms. The lowest BCUT2D eigenvalue weighted by Gasteiger charge is -2.38. The number of likely N-dealkylation sites (tertiary alicyclic amines) is 1. The molecule has 6 nitrogen and oxygen atoms in total. The van der Waals surface area contributed by atoms with Gasteiger partial charge in [-0.3, -0.25) is 9.69 Å². The highest BCUT2D eigenvalue weighted by atomic mass is 16.5. The minimum absolute atomic E-state index is 0.104. The molecule has 1 saturated heterocycles. The van der Waals surface area contributed by atoms with Gasteiger partial charge in [-0.15, -0.1) is 0 Å². The number of carbonyl (C=O) groups excluding carboxylic acids is 1. The number of benzene rings is 1. The fraction of sp³-hybridized carbons (Fsp3) is 0.500. The molecule has 1 aliphatic heterocycles. The van der Waals surface area contributed by atoms with E-state index in [1.807, 2.05) is 30.3 Å². The first-order valence-corrected chi connectivity index (χ1v) is 9.31. The number of nitrogens with zero attached hydrogens (tertiary/aromatic N) is 2. The Morgan fingerprint density at radius 3 is 2.58 bits per heavy atom. The maximum Gasteiger partial charge on any atom is 0.247 e. The maximum atomic E-state index is 13.0. The minimum atomic E-state index is -0.436. The standard InChI is InChI=1S/C20H25N3O3/c1-14-13-17(22-26-14)21-19(24)18(15-5-3-2-4-6-15)23-11-7-16(8-12-23)20(25)9-10-20/h2-6,13,16,18,25H,7-12H2,1H3,(H,21,22,24). The average molecular weight is 355 g/mol. The van der Waals surface area contributed by atoms with Gasteiger partial charge in [-0.1, -0.05) is 35.5 Å². The first kappa shape index (κ1) is 17.2. The Morgan fingerprint density at radius 2 is 2.00 bits per heavy atom. The smallest absolute Gasteiger partial charge is 0.247 e. The summed E-state index contributed by atoms with van der Waals surface area (Å²) in [5, 5.41) is 17.1. The summed E-state index contributed by atoms with van der Waals surface area (Å²) in [4.78, 5) is 15.2. The van der Waals surface area contributed by atoms with Crippen LogP contribution >= 0.6 is 0 Å². The van der Waals surface area contributed by atoms with Gasteiger partial charge in [0.05, 0.1) is 5.60 Å². The minimum Gasteiger partial charge on any atom is -0.390 e. The summed E-state index contributed by atoms with van der Waals surface area (Å²) in [5.74, 6) is 1.36. The van der Waals surface area contributed by atoms with E-state index in [0.29, 0.717) is 17.5 Å². The Hall–Kier alpha value is -2.18. The maximum absolute atomic E-state index is 13.0. The highest BCUT2D eigenvalue weighted by Gasteiger charge is 2.48. The van der Waals surface area contributed by atoms with Crippen LogP contribution in [-0.4, -0.2) is 39.8 Å². The fourth-order valence-corrected chi connectivity index (χ4v) is 4.01. The molecule has 2 N–H and O–H groups in total. The molecule has 1 amide bonds. The van der Waals surface area contributed by atoms with E-state index >= 15 is 0 Å². The topological polar surface area (TPSA) is 78.6 Å². The van der Waals surface area contributed by atoms with Crippen LogP contribution in [0.4, 0.5) is 5.82 Å². The van der Waals surface area contributed by atoms with Gasteiger partial charge in [0.15, 0.2) is 5.82 Å². The van der Waals surface area contributed by atoms with E-state index in [0.717, 1.165) is 44.3 Å². The van der Waals surface area contributed by atoms with Crippen molar-refractivity contribution in [2.45, 2.75) is 44.2 Å². The number of rotatable bonds is 5. The summed E-state index contributed by atoms with van der Waals surface area (Å²) in [5.41, 5.74) is 0.531. The van der Waals surface area contributed by atoms with E-state index in [9.17, 15) is 9.90 Å². The van der Waals surface area contributed by atoms with Crippen LogP contribution in [-0.2, 0) is 4.79 Å². The summed E-state index contributed by atoms with van der Waals surface area (Å²) < 4.78 is 5.05. The number of aromatic nitrogens is 1. The summed E-state index contributed by atoms with van der Waals surface area (Å²) in [7, 11) is 0. The van der Waals surface area contributed by atoms with E-state index in [1.54, 1.807) is 13.0 Å². The summed E-state index contributed by atoms with van der Waals surface area (Å²) in [6.45, 7) is 3.40. The van der Waals surface area contributed by atoms with Gasteiger partial charge in [-0.05, 0) is 57.2 Å². The third kappa shape index (κ3) is 3.52. The fourth-order valence-electron chi connectivity index (χ4n) is 4.01. The van der Waals surface area contributed by atoms with Crippen LogP contribution in [0.3, 0.4) is 0 Å². The second-order valence-corrected chi connectivity index (χ2v) is 7.54. The van der Waals surface area contributed by atoms with Crippen molar-refractivity contribution in [3.05, 3.63) is 47.7 Å². The van der Waals surface area contributed by atoms with Crippen LogP contribution in [0.2, 0.25) is 0 Å². The molecule has 6 heteroatoms. The number of anilines is 1. The van der Waals surface area contributed by atoms with Gasteiger partial charge in [-0.2, -0.15) is 0 Å². The molecule has 2 aromatic rings. The molecule has 4 rings (SSSR count). The largest absolute Gasteiger partial charge is 0.390 e. The predicted molar refractivity (Wildman–Crippen MR) is 97.5 cm³/mol. The van der Waals surface area contributed by atoms with Crippen molar-refractivity contribution in [3.8, 4) is 0 Å². The normalized spacial score (nSPS) is 21.3. The van der Waals surface area contributed by atoms with Crippen molar-refractivity contribution in [3.63, 3.8) is 0 Å². The summed E-state index contributed by atoms with van der Waals surface area (Å²) >= 11 is 0. The molecule has 1 aliphatic carbocycles. The third-order valence-electron chi connectivity index (χ3n) is 5.66. The molecule has 1 aromatic heterocycles. The van der Waals surface area contributed by atoms with Crippen LogP contribution in [0.25, 0.3) is 0 Å². The van der Waals surface area contributed by atoms with Crippen molar-refractivity contribution in [2.75, 3.05) is 18.4 Å².